The van der Waals surface area contributed by atoms with Crippen LogP contribution in [0.5, 0.6) is 0 Å². The number of hydrogen-bond donors (Lipinski definition) is 0. The molecule has 1 aromatic carbocycles. The minimum atomic E-state index is -0.223. The summed E-state index contributed by atoms with van der Waals surface area (Å²) in [7, 11) is 0. The lowest BCUT2D eigenvalue weighted by Gasteiger charge is -2.04. The SMILES string of the molecule is CSC(SC)=C(C#N)C(=O)c1ccc(Br)cc1. The number of rotatable bonds is 4. The van der Waals surface area contributed by atoms with Gasteiger partial charge in [-0.15, -0.1) is 23.5 Å². The molecule has 0 aliphatic carbocycles. The van der Waals surface area contributed by atoms with Gasteiger partial charge in [0.2, 0.25) is 5.78 Å². The van der Waals surface area contributed by atoms with Gasteiger partial charge in [-0.25, -0.2) is 0 Å². The first-order valence-corrected chi connectivity index (χ1v) is 7.91. The molecule has 0 radical (unpaired) electrons. The van der Waals surface area contributed by atoms with Gasteiger partial charge in [-0.3, -0.25) is 4.79 Å². The average Bonchev–Trinajstić information content (AvgIpc) is 2.36. The summed E-state index contributed by atoms with van der Waals surface area (Å²) in [6, 6.07) is 9.00. The second-order valence-corrected chi connectivity index (χ2v) is 5.83. The maximum Gasteiger partial charge on any atom is 0.205 e. The lowest BCUT2D eigenvalue weighted by molar-refractivity contribution is 0.103. The maximum atomic E-state index is 12.1. The Hall–Kier alpha value is -0.700. The van der Waals surface area contributed by atoms with Crippen LogP contribution >= 0.6 is 39.5 Å². The van der Waals surface area contributed by atoms with Crippen molar-refractivity contribution in [3.05, 3.63) is 44.1 Å². The molecule has 0 heterocycles. The number of allylic oxidation sites excluding steroid dienone is 1. The molecule has 0 aromatic heterocycles. The number of benzene rings is 1. The van der Waals surface area contributed by atoms with Crippen molar-refractivity contribution in [2.24, 2.45) is 0 Å². The maximum absolute atomic E-state index is 12.1. The van der Waals surface area contributed by atoms with Gasteiger partial charge in [0.05, 0.1) is 4.24 Å². The topological polar surface area (TPSA) is 40.9 Å². The molecule has 0 aliphatic rings. The van der Waals surface area contributed by atoms with Crippen LogP contribution in [0.3, 0.4) is 0 Å². The van der Waals surface area contributed by atoms with E-state index < -0.39 is 0 Å². The number of Topliss-reactive ketones (excluding diaryl/α,β-unsaturated/α-hetero) is 1. The van der Waals surface area contributed by atoms with Gasteiger partial charge >= 0.3 is 0 Å². The van der Waals surface area contributed by atoms with Gasteiger partial charge in [0.25, 0.3) is 0 Å². The summed E-state index contributed by atoms with van der Waals surface area (Å²) in [6.45, 7) is 0. The summed E-state index contributed by atoms with van der Waals surface area (Å²) in [5.74, 6) is -0.223. The van der Waals surface area contributed by atoms with Gasteiger partial charge in [-0.2, -0.15) is 5.26 Å². The third kappa shape index (κ3) is 3.63. The number of nitrogens with zero attached hydrogens (tertiary/aromatic N) is 1. The Morgan fingerprint density at radius 1 is 1.24 bits per heavy atom. The number of carbonyl (C=O) groups is 1. The van der Waals surface area contributed by atoms with E-state index in [1.165, 1.54) is 23.5 Å². The molecular formula is C12H10BrNOS2. The van der Waals surface area contributed by atoms with Crippen LogP contribution in [-0.4, -0.2) is 18.3 Å². The smallest absolute Gasteiger partial charge is 0.205 e. The van der Waals surface area contributed by atoms with E-state index in [0.29, 0.717) is 5.56 Å². The highest BCUT2D eigenvalue weighted by Gasteiger charge is 2.16. The quantitative estimate of drug-likeness (QED) is 0.474. The van der Waals surface area contributed by atoms with Gasteiger partial charge in [0.15, 0.2) is 0 Å². The zero-order chi connectivity index (χ0) is 12.8. The molecule has 2 nitrogen and oxygen atoms in total. The van der Waals surface area contributed by atoms with Crippen LogP contribution < -0.4 is 0 Å². The van der Waals surface area contributed by atoms with Gasteiger partial charge in [-0.05, 0) is 36.8 Å². The third-order valence-electron chi connectivity index (χ3n) is 2.02. The Morgan fingerprint density at radius 3 is 2.18 bits per heavy atom. The lowest BCUT2D eigenvalue weighted by atomic mass is 10.1. The first-order valence-electron chi connectivity index (χ1n) is 4.66. The number of thioether (sulfide) groups is 2. The van der Waals surface area contributed by atoms with Crippen LogP contribution in [0.4, 0.5) is 0 Å². The Balaban J connectivity index is 3.16. The molecular weight excluding hydrogens is 318 g/mol. The van der Waals surface area contributed by atoms with Crippen LogP contribution in [0.25, 0.3) is 0 Å². The zero-order valence-electron chi connectivity index (χ0n) is 9.36. The van der Waals surface area contributed by atoms with Gasteiger partial charge < -0.3 is 0 Å². The van der Waals surface area contributed by atoms with Crippen molar-refractivity contribution in [3.63, 3.8) is 0 Å². The Labute approximate surface area is 118 Å². The summed E-state index contributed by atoms with van der Waals surface area (Å²) in [6.07, 6.45) is 3.72. The van der Waals surface area contributed by atoms with Crippen LogP contribution in [0, 0.1) is 11.3 Å². The molecule has 5 heteroatoms. The first-order chi connectivity index (χ1) is 8.13. The van der Waals surface area contributed by atoms with E-state index in [2.05, 4.69) is 15.9 Å². The fourth-order valence-corrected chi connectivity index (χ4v) is 2.84. The Kier molecular flexibility index (Phi) is 5.83. The summed E-state index contributed by atoms with van der Waals surface area (Å²) >= 11 is 6.15. The molecule has 0 N–H and O–H groups in total. The molecule has 1 rings (SSSR count). The highest BCUT2D eigenvalue weighted by molar-refractivity contribution is 9.10. The van der Waals surface area contributed by atoms with E-state index >= 15 is 0 Å². The van der Waals surface area contributed by atoms with Gasteiger partial charge in [0, 0.05) is 10.0 Å². The van der Waals surface area contributed by atoms with Crippen LogP contribution in [0.15, 0.2) is 38.5 Å². The highest BCUT2D eigenvalue weighted by Crippen LogP contribution is 2.29. The summed E-state index contributed by atoms with van der Waals surface area (Å²) < 4.78 is 1.66. The van der Waals surface area contributed by atoms with Crippen LogP contribution in [-0.2, 0) is 0 Å². The van der Waals surface area contributed by atoms with Crippen molar-refractivity contribution in [1.82, 2.24) is 0 Å². The average molecular weight is 328 g/mol. The van der Waals surface area contributed by atoms with Crippen molar-refractivity contribution in [2.75, 3.05) is 12.5 Å². The molecule has 0 saturated heterocycles. The van der Waals surface area contributed by atoms with Crippen molar-refractivity contribution in [2.45, 2.75) is 0 Å². The molecule has 0 aliphatic heterocycles. The third-order valence-corrected chi connectivity index (χ3v) is 4.70. The zero-order valence-corrected chi connectivity index (χ0v) is 12.6. The fourth-order valence-electron chi connectivity index (χ4n) is 1.22. The molecule has 88 valence electrons. The lowest BCUT2D eigenvalue weighted by Crippen LogP contribution is -2.03. The van der Waals surface area contributed by atoms with E-state index in [0.717, 1.165) is 8.71 Å². The number of nitriles is 1. The molecule has 0 saturated carbocycles. The van der Waals surface area contributed by atoms with Crippen LogP contribution in [0.2, 0.25) is 0 Å². The predicted octanol–water partition coefficient (Wildman–Crippen LogP) is 4.09. The number of ketones is 1. The summed E-state index contributed by atoms with van der Waals surface area (Å²) in [4.78, 5) is 12.1. The second-order valence-electron chi connectivity index (χ2n) is 3.02. The van der Waals surface area contributed by atoms with E-state index in [1.54, 1.807) is 24.3 Å². The summed E-state index contributed by atoms with van der Waals surface area (Å²) in [5, 5.41) is 9.08. The largest absolute Gasteiger partial charge is 0.288 e. The number of carbonyl (C=O) groups excluding carboxylic acids is 1. The Bertz CT molecular complexity index is 482. The molecule has 0 unspecified atom stereocenters. The van der Waals surface area contributed by atoms with Crippen molar-refractivity contribution < 1.29 is 4.79 Å². The van der Waals surface area contributed by atoms with E-state index in [1.807, 2.05) is 18.6 Å². The van der Waals surface area contributed by atoms with Gasteiger partial charge in [0.1, 0.15) is 11.6 Å². The molecule has 0 fully saturated rings. The van der Waals surface area contributed by atoms with E-state index in [4.69, 9.17) is 5.26 Å². The normalized spacial score (nSPS) is 9.53. The Morgan fingerprint density at radius 2 is 1.76 bits per heavy atom. The second kappa shape index (κ2) is 6.90. The van der Waals surface area contributed by atoms with Crippen molar-refractivity contribution >= 4 is 45.2 Å². The standard InChI is InChI=1S/C12H10BrNOS2/c1-16-12(17-2)10(7-14)11(15)8-3-5-9(13)6-4-8/h3-6H,1-2H3. The number of halogens is 1. The van der Waals surface area contributed by atoms with Gasteiger partial charge in [-0.1, -0.05) is 15.9 Å². The van der Waals surface area contributed by atoms with Crippen LogP contribution in [0.1, 0.15) is 10.4 Å². The number of hydrogen-bond acceptors (Lipinski definition) is 4. The van der Waals surface area contributed by atoms with Crippen molar-refractivity contribution in [1.29, 1.82) is 5.26 Å². The molecule has 0 amide bonds. The van der Waals surface area contributed by atoms with Crippen molar-refractivity contribution in [3.8, 4) is 6.07 Å². The molecule has 17 heavy (non-hydrogen) atoms. The fraction of sp³-hybridized carbons (Fsp3) is 0.167. The molecule has 0 bridgehead atoms. The molecule has 0 spiro atoms. The minimum Gasteiger partial charge on any atom is -0.288 e. The first kappa shape index (κ1) is 14.4. The predicted molar refractivity (Wildman–Crippen MR) is 78.1 cm³/mol. The monoisotopic (exact) mass is 327 g/mol. The molecule has 1 aromatic rings. The van der Waals surface area contributed by atoms with E-state index in [9.17, 15) is 4.79 Å². The molecule has 0 atom stereocenters. The summed E-state index contributed by atoms with van der Waals surface area (Å²) in [5.41, 5.74) is 0.748. The minimum absolute atomic E-state index is 0.215. The highest BCUT2D eigenvalue weighted by atomic mass is 79.9. The van der Waals surface area contributed by atoms with E-state index in [-0.39, 0.29) is 11.4 Å².